The molecule has 154 valence electrons. The number of hydrogen-bond acceptors (Lipinski definition) is 5. The summed E-state index contributed by atoms with van der Waals surface area (Å²) in [4.78, 5) is 27.4. The Morgan fingerprint density at radius 2 is 1.77 bits per heavy atom. The van der Waals surface area contributed by atoms with Crippen LogP contribution < -0.4 is 0 Å². The van der Waals surface area contributed by atoms with Gasteiger partial charge < -0.3 is 10.0 Å². The third kappa shape index (κ3) is 4.36. The van der Waals surface area contributed by atoms with E-state index in [9.17, 15) is 14.3 Å². The molecular weight excluding hydrogens is 383 g/mol. The van der Waals surface area contributed by atoms with Gasteiger partial charge in [-0.1, -0.05) is 24.3 Å². The molecule has 1 aliphatic rings. The van der Waals surface area contributed by atoms with Crippen molar-refractivity contribution in [2.45, 2.75) is 31.5 Å². The number of amides is 1. The summed E-state index contributed by atoms with van der Waals surface area (Å²) in [5.41, 5.74) is 2.33. The summed E-state index contributed by atoms with van der Waals surface area (Å²) in [5.74, 6) is -0.119. The second-order valence-corrected chi connectivity index (χ2v) is 7.64. The van der Waals surface area contributed by atoms with E-state index in [0.717, 1.165) is 5.56 Å². The van der Waals surface area contributed by atoms with Crippen LogP contribution in [-0.4, -0.2) is 49.6 Å². The van der Waals surface area contributed by atoms with Crippen LogP contribution in [0.15, 0.2) is 61.2 Å². The van der Waals surface area contributed by atoms with Gasteiger partial charge in [0, 0.05) is 31.9 Å². The number of aliphatic hydroxyl groups is 1. The van der Waals surface area contributed by atoms with Gasteiger partial charge in [0.05, 0.1) is 16.9 Å². The SMILES string of the molecule is O=C(c1cccnc1-c1ccncn1)N1CCC(O)(Cc2ccc(CF)cc2)CC1. The van der Waals surface area contributed by atoms with Crippen LogP contribution in [0.1, 0.15) is 34.3 Å². The first-order valence-corrected chi connectivity index (χ1v) is 9.95. The molecule has 7 heteroatoms. The molecule has 0 spiro atoms. The van der Waals surface area contributed by atoms with Gasteiger partial charge in [-0.3, -0.25) is 9.78 Å². The number of pyridine rings is 1. The Morgan fingerprint density at radius 1 is 1.03 bits per heavy atom. The van der Waals surface area contributed by atoms with Crippen LogP contribution in [-0.2, 0) is 13.1 Å². The highest BCUT2D eigenvalue weighted by Crippen LogP contribution is 2.28. The average molecular weight is 406 g/mol. The van der Waals surface area contributed by atoms with Crippen LogP contribution in [0.4, 0.5) is 4.39 Å². The molecule has 3 aromatic rings. The van der Waals surface area contributed by atoms with E-state index in [1.807, 2.05) is 12.1 Å². The molecule has 1 aromatic carbocycles. The standard InChI is InChI=1S/C23H23FN4O2/c24-15-18-5-3-17(4-6-18)14-23(30)8-12-28(13-9-23)22(29)19-2-1-10-26-21(19)20-7-11-25-16-27-20/h1-7,10-11,16,30H,8-9,12-15H2. The van der Waals surface area contributed by atoms with Crippen molar-refractivity contribution in [2.24, 2.45) is 0 Å². The smallest absolute Gasteiger partial charge is 0.256 e. The summed E-state index contributed by atoms with van der Waals surface area (Å²) in [6, 6.07) is 12.4. The second-order valence-electron chi connectivity index (χ2n) is 7.64. The first-order valence-electron chi connectivity index (χ1n) is 9.95. The molecular formula is C23H23FN4O2. The van der Waals surface area contributed by atoms with Crippen molar-refractivity contribution in [2.75, 3.05) is 13.1 Å². The fourth-order valence-corrected chi connectivity index (χ4v) is 3.81. The van der Waals surface area contributed by atoms with Crippen LogP contribution in [0.25, 0.3) is 11.4 Å². The summed E-state index contributed by atoms with van der Waals surface area (Å²) in [6.07, 6.45) is 6.13. The van der Waals surface area contributed by atoms with Crippen LogP contribution in [0.2, 0.25) is 0 Å². The third-order valence-electron chi connectivity index (χ3n) is 5.55. The van der Waals surface area contributed by atoms with Crippen molar-refractivity contribution < 1.29 is 14.3 Å². The number of piperidine rings is 1. The number of halogens is 1. The second kappa shape index (κ2) is 8.67. The quantitative estimate of drug-likeness (QED) is 0.704. The molecule has 0 bridgehead atoms. The van der Waals surface area contributed by atoms with Gasteiger partial charge in [-0.25, -0.2) is 14.4 Å². The molecule has 1 amide bonds. The molecule has 1 aliphatic heterocycles. The van der Waals surface area contributed by atoms with Crippen molar-refractivity contribution in [1.29, 1.82) is 0 Å². The number of carbonyl (C=O) groups is 1. The van der Waals surface area contributed by atoms with Gasteiger partial charge in [-0.2, -0.15) is 0 Å². The Bertz CT molecular complexity index is 1000. The van der Waals surface area contributed by atoms with E-state index < -0.39 is 12.3 Å². The lowest BCUT2D eigenvalue weighted by Gasteiger charge is -2.38. The molecule has 1 fully saturated rings. The maximum Gasteiger partial charge on any atom is 0.256 e. The van der Waals surface area contributed by atoms with Crippen LogP contribution in [0, 0.1) is 0 Å². The maximum absolute atomic E-state index is 13.2. The van der Waals surface area contributed by atoms with Gasteiger partial charge >= 0.3 is 0 Å². The molecule has 2 aromatic heterocycles. The van der Waals surface area contributed by atoms with E-state index in [0.29, 0.717) is 54.9 Å². The first-order chi connectivity index (χ1) is 14.6. The fourth-order valence-electron chi connectivity index (χ4n) is 3.81. The van der Waals surface area contributed by atoms with Gasteiger partial charge in [-0.05, 0) is 42.2 Å². The zero-order valence-electron chi connectivity index (χ0n) is 16.5. The number of aromatic nitrogens is 3. The molecule has 3 heterocycles. The Kier molecular flexibility index (Phi) is 5.81. The van der Waals surface area contributed by atoms with Crippen LogP contribution >= 0.6 is 0 Å². The molecule has 0 atom stereocenters. The maximum atomic E-state index is 13.2. The highest BCUT2D eigenvalue weighted by atomic mass is 19.1. The largest absolute Gasteiger partial charge is 0.389 e. The number of rotatable bonds is 5. The van der Waals surface area contributed by atoms with Crippen molar-refractivity contribution >= 4 is 5.91 Å². The number of hydrogen-bond donors (Lipinski definition) is 1. The van der Waals surface area contributed by atoms with E-state index in [1.165, 1.54) is 6.33 Å². The minimum absolute atomic E-state index is 0.119. The number of alkyl halides is 1. The monoisotopic (exact) mass is 406 g/mol. The molecule has 0 saturated carbocycles. The Labute approximate surface area is 174 Å². The van der Waals surface area contributed by atoms with E-state index in [4.69, 9.17) is 0 Å². The predicted octanol–water partition coefficient (Wildman–Crippen LogP) is 3.22. The zero-order valence-corrected chi connectivity index (χ0v) is 16.5. The molecule has 0 aliphatic carbocycles. The third-order valence-corrected chi connectivity index (χ3v) is 5.55. The normalized spacial score (nSPS) is 15.7. The van der Waals surface area contributed by atoms with E-state index in [2.05, 4.69) is 15.0 Å². The van der Waals surface area contributed by atoms with E-state index in [1.54, 1.807) is 47.6 Å². The molecule has 0 radical (unpaired) electrons. The van der Waals surface area contributed by atoms with Crippen molar-refractivity contribution in [3.8, 4) is 11.4 Å². The van der Waals surface area contributed by atoms with Crippen LogP contribution in [0.5, 0.6) is 0 Å². The zero-order chi connectivity index (χ0) is 21.0. The van der Waals surface area contributed by atoms with Gasteiger partial charge in [0.2, 0.25) is 0 Å². The average Bonchev–Trinajstić information content (AvgIpc) is 2.80. The lowest BCUT2D eigenvalue weighted by molar-refractivity contribution is -0.0162. The molecule has 0 unspecified atom stereocenters. The summed E-state index contributed by atoms with van der Waals surface area (Å²) in [6.45, 7) is 0.416. The minimum atomic E-state index is -0.877. The molecule has 30 heavy (non-hydrogen) atoms. The summed E-state index contributed by atoms with van der Waals surface area (Å²) in [7, 11) is 0. The minimum Gasteiger partial charge on any atom is -0.389 e. The van der Waals surface area contributed by atoms with Gasteiger partial charge in [0.15, 0.2) is 0 Å². The molecule has 1 N–H and O–H groups in total. The highest BCUT2D eigenvalue weighted by Gasteiger charge is 2.35. The summed E-state index contributed by atoms with van der Waals surface area (Å²) < 4.78 is 12.7. The number of benzene rings is 1. The number of carbonyl (C=O) groups excluding carboxylic acids is 1. The lowest BCUT2D eigenvalue weighted by Crippen LogP contribution is -2.47. The highest BCUT2D eigenvalue weighted by molar-refractivity contribution is 5.99. The first kappa shape index (κ1) is 20.1. The lowest BCUT2D eigenvalue weighted by atomic mass is 9.85. The number of nitrogens with zero attached hydrogens (tertiary/aromatic N) is 4. The summed E-state index contributed by atoms with van der Waals surface area (Å²) in [5, 5.41) is 11.0. The Hall–Kier alpha value is -3.19. The summed E-state index contributed by atoms with van der Waals surface area (Å²) >= 11 is 0. The van der Waals surface area contributed by atoms with Crippen LogP contribution in [0.3, 0.4) is 0 Å². The molecule has 6 nitrogen and oxygen atoms in total. The van der Waals surface area contributed by atoms with Gasteiger partial charge in [0.1, 0.15) is 18.7 Å². The topological polar surface area (TPSA) is 79.2 Å². The van der Waals surface area contributed by atoms with Crippen molar-refractivity contribution in [3.63, 3.8) is 0 Å². The fraction of sp³-hybridized carbons (Fsp3) is 0.304. The predicted molar refractivity (Wildman–Crippen MR) is 110 cm³/mol. The van der Waals surface area contributed by atoms with Crippen molar-refractivity contribution in [1.82, 2.24) is 19.9 Å². The molecule has 4 rings (SSSR count). The van der Waals surface area contributed by atoms with E-state index >= 15 is 0 Å². The van der Waals surface area contributed by atoms with Crippen molar-refractivity contribution in [3.05, 3.63) is 77.9 Å². The number of likely N-dealkylation sites (tertiary alicyclic amines) is 1. The van der Waals surface area contributed by atoms with E-state index in [-0.39, 0.29) is 5.91 Å². The van der Waals surface area contributed by atoms with Gasteiger partial charge in [0.25, 0.3) is 5.91 Å². The molecule has 1 saturated heterocycles. The Morgan fingerprint density at radius 3 is 2.43 bits per heavy atom. The Balaban J connectivity index is 1.45. The van der Waals surface area contributed by atoms with Gasteiger partial charge in [-0.15, -0.1) is 0 Å².